The van der Waals surface area contributed by atoms with E-state index in [1.807, 2.05) is 4.98 Å². The number of carbonyl (C=O) groups excluding carboxylic acids is 3. The average Bonchev–Trinajstić information content (AvgIpc) is 3.39. The summed E-state index contributed by atoms with van der Waals surface area (Å²) in [6.45, 7) is 5.62. The molecule has 2 aromatic carbocycles. The molecule has 1 atom stereocenters. The quantitative estimate of drug-likeness (QED) is 0.211. The summed E-state index contributed by atoms with van der Waals surface area (Å²) in [6.07, 6.45) is -4.40. The van der Waals surface area contributed by atoms with Crippen molar-refractivity contribution >= 4 is 50.6 Å². The van der Waals surface area contributed by atoms with Gasteiger partial charge >= 0.3 is 18.2 Å². The number of alkyl carbamates (subject to hydrolysis) is 1. The van der Waals surface area contributed by atoms with E-state index in [-0.39, 0.29) is 29.1 Å². The number of aromatic amines is 1. The number of fused-ring (bicyclic) bond motifs is 1. The minimum Gasteiger partial charge on any atom is -0.444 e. The SMILES string of the molecule is CC(C)(C)OC(=O)NCC1CCC(C(=O)N(c2ccc3nc(C(F)(F)C(F)(F)F)[nH]c3c2)[C@@H](Cc2cccc(Br)c2)C(N)=O)CC1. The lowest BCUT2D eigenvalue weighted by molar-refractivity contribution is -0.292. The molecule has 0 bridgehead atoms. The molecular weight excluding hydrogens is 681 g/mol. The monoisotopic (exact) mass is 715 g/mol. The van der Waals surface area contributed by atoms with E-state index < -0.39 is 53.4 Å². The molecule has 3 amide bonds. The summed E-state index contributed by atoms with van der Waals surface area (Å²) in [5.41, 5.74) is 5.57. The van der Waals surface area contributed by atoms with Crippen molar-refractivity contribution in [1.82, 2.24) is 15.3 Å². The number of primary amides is 1. The van der Waals surface area contributed by atoms with Gasteiger partial charge in [-0.05, 0) is 88.3 Å². The molecule has 1 aliphatic rings. The van der Waals surface area contributed by atoms with E-state index in [0.29, 0.717) is 37.8 Å². The Balaban J connectivity index is 1.62. The minimum absolute atomic E-state index is 0.00801. The summed E-state index contributed by atoms with van der Waals surface area (Å²) in [4.78, 5) is 45.9. The van der Waals surface area contributed by atoms with Crippen LogP contribution in [-0.2, 0) is 26.7 Å². The number of hydrogen-bond donors (Lipinski definition) is 3. The Bertz CT molecular complexity index is 1580. The standard InChI is InChI=1S/C31H35BrF5N5O4/c1-29(2,3)46-28(45)39-16-17-7-9-19(10-8-17)26(44)42(24(25(38)43)14-18-5-4-6-20(32)13-18)21-11-12-22-23(15-21)41-27(40-22)30(33,34)31(35,36)37/h4-6,11-13,15,17,19,24H,7-10,14,16H2,1-3H3,(H2,38,43)(H,39,45)(H,40,41)/t17?,19?,24-/m0/s1. The topological polar surface area (TPSA) is 130 Å². The predicted molar refractivity (Wildman–Crippen MR) is 164 cm³/mol. The first kappa shape index (κ1) is 35.1. The maximum atomic E-state index is 14.2. The highest BCUT2D eigenvalue weighted by Gasteiger charge is 2.61. The third-order valence-electron chi connectivity index (χ3n) is 7.72. The van der Waals surface area contributed by atoms with Gasteiger partial charge < -0.3 is 20.8 Å². The fourth-order valence-electron chi connectivity index (χ4n) is 5.45. The molecule has 0 unspecified atom stereocenters. The van der Waals surface area contributed by atoms with Crippen LogP contribution < -0.4 is 16.0 Å². The minimum atomic E-state index is -5.88. The number of ether oxygens (including phenoxy) is 1. The summed E-state index contributed by atoms with van der Waals surface area (Å²) in [5.74, 6) is -8.59. The zero-order valence-corrected chi connectivity index (χ0v) is 27.0. The fourth-order valence-corrected chi connectivity index (χ4v) is 5.90. The number of alkyl halides is 5. The molecule has 1 aliphatic carbocycles. The molecule has 0 aliphatic heterocycles. The van der Waals surface area contributed by atoms with Crippen molar-refractivity contribution in [3.63, 3.8) is 0 Å². The Morgan fingerprint density at radius 3 is 2.33 bits per heavy atom. The summed E-state index contributed by atoms with van der Waals surface area (Å²) >= 11 is 3.38. The zero-order valence-electron chi connectivity index (χ0n) is 25.4. The lowest BCUT2D eigenvalue weighted by Gasteiger charge is -2.36. The van der Waals surface area contributed by atoms with Crippen LogP contribution in [0.3, 0.4) is 0 Å². The Morgan fingerprint density at radius 2 is 1.74 bits per heavy atom. The van der Waals surface area contributed by atoms with Crippen molar-refractivity contribution in [2.24, 2.45) is 17.6 Å². The molecule has 3 aromatic rings. The lowest BCUT2D eigenvalue weighted by atomic mass is 9.81. The van der Waals surface area contributed by atoms with Gasteiger partial charge in [0.05, 0.1) is 11.0 Å². The van der Waals surface area contributed by atoms with Crippen LogP contribution in [0.4, 0.5) is 32.4 Å². The maximum absolute atomic E-state index is 14.2. The first-order valence-corrected chi connectivity index (χ1v) is 15.4. The summed E-state index contributed by atoms with van der Waals surface area (Å²) in [7, 11) is 0. The van der Waals surface area contributed by atoms with E-state index in [1.54, 1.807) is 45.0 Å². The lowest BCUT2D eigenvalue weighted by Crippen LogP contribution is -2.52. The summed E-state index contributed by atoms with van der Waals surface area (Å²) < 4.78 is 73.2. The van der Waals surface area contributed by atoms with E-state index in [0.717, 1.165) is 4.47 Å². The molecule has 9 nitrogen and oxygen atoms in total. The van der Waals surface area contributed by atoms with Gasteiger partial charge in [-0.3, -0.25) is 14.5 Å². The number of imidazole rings is 1. The number of benzene rings is 2. The van der Waals surface area contributed by atoms with Gasteiger partial charge in [-0.2, -0.15) is 22.0 Å². The Hall–Kier alpha value is -3.75. The first-order chi connectivity index (χ1) is 21.4. The molecule has 0 radical (unpaired) electrons. The largest absolute Gasteiger partial charge is 0.461 e. The number of nitrogens with zero attached hydrogens (tertiary/aromatic N) is 2. The summed E-state index contributed by atoms with van der Waals surface area (Å²) in [5, 5.41) is 2.75. The van der Waals surface area contributed by atoms with Crippen molar-refractivity contribution in [2.45, 2.75) is 76.6 Å². The van der Waals surface area contributed by atoms with Gasteiger partial charge in [0, 0.05) is 29.0 Å². The molecule has 46 heavy (non-hydrogen) atoms. The number of nitrogens with two attached hydrogens (primary N) is 1. The molecule has 1 saturated carbocycles. The van der Waals surface area contributed by atoms with Crippen LogP contribution in [0.1, 0.15) is 57.8 Å². The van der Waals surface area contributed by atoms with Gasteiger partial charge in [-0.1, -0.05) is 28.1 Å². The Morgan fingerprint density at radius 1 is 1.07 bits per heavy atom. The molecule has 0 spiro atoms. The van der Waals surface area contributed by atoms with Crippen LogP contribution in [0, 0.1) is 11.8 Å². The highest BCUT2D eigenvalue weighted by molar-refractivity contribution is 9.10. The van der Waals surface area contributed by atoms with Gasteiger partial charge in [-0.15, -0.1) is 0 Å². The van der Waals surface area contributed by atoms with Gasteiger partial charge in [0.1, 0.15) is 11.6 Å². The number of H-pyrrole nitrogens is 1. The van der Waals surface area contributed by atoms with Crippen LogP contribution in [0.25, 0.3) is 11.0 Å². The highest BCUT2D eigenvalue weighted by Crippen LogP contribution is 2.43. The molecule has 15 heteroatoms. The number of aromatic nitrogens is 2. The molecule has 4 N–H and O–H groups in total. The number of amides is 3. The van der Waals surface area contributed by atoms with Crippen LogP contribution in [-0.4, -0.2) is 52.2 Å². The Kier molecular flexibility index (Phi) is 10.3. The van der Waals surface area contributed by atoms with Gasteiger partial charge in [0.25, 0.3) is 0 Å². The number of carbonyl (C=O) groups is 3. The van der Waals surface area contributed by atoms with Crippen LogP contribution in [0.15, 0.2) is 46.9 Å². The first-order valence-electron chi connectivity index (χ1n) is 14.6. The third kappa shape index (κ3) is 8.34. The molecule has 0 saturated heterocycles. The van der Waals surface area contributed by atoms with E-state index in [9.17, 15) is 36.3 Å². The van der Waals surface area contributed by atoms with Crippen molar-refractivity contribution in [3.8, 4) is 0 Å². The fraction of sp³-hybridized carbons (Fsp3) is 0.484. The maximum Gasteiger partial charge on any atom is 0.461 e. The average molecular weight is 717 g/mol. The summed E-state index contributed by atoms with van der Waals surface area (Å²) in [6, 6.07) is 9.56. The predicted octanol–water partition coefficient (Wildman–Crippen LogP) is 6.74. The smallest absolute Gasteiger partial charge is 0.444 e. The molecule has 250 valence electrons. The molecule has 4 rings (SSSR count). The normalized spacial score (nSPS) is 18.2. The molecule has 1 heterocycles. The van der Waals surface area contributed by atoms with Crippen molar-refractivity contribution in [2.75, 3.05) is 11.4 Å². The van der Waals surface area contributed by atoms with E-state index in [2.05, 4.69) is 26.2 Å². The number of nitrogens with one attached hydrogen (secondary N) is 2. The number of anilines is 1. The van der Waals surface area contributed by atoms with Gasteiger partial charge in [0.15, 0.2) is 5.82 Å². The van der Waals surface area contributed by atoms with Crippen LogP contribution >= 0.6 is 15.9 Å². The van der Waals surface area contributed by atoms with Crippen molar-refractivity contribution < 1.29 is 41.1 Å². The van der Waals surface area contributed by atoms with E-state index >= 15 is 0 Å². The van der Waals surface area contributed by atoms with Crippen LogP contribution in [0.5, 0.6) is 0 Å². The third-order valence-corrected chi connectivity index (χ3v) is 8.22. The van der Waals surface area contributed by atoms with Gasteiger partial charge in [-0.25, -0.2) is 9.78 Å². The van der Waals surface area contributed by atoms with Crippen molar-refractivity contribution in [3.05, 3.63) is 58.3 Å². The van der Waals surface area contributed by atoms with Crippen LogP contribution in [0.2, 0.25) is 0 Å². The highest BCUT2D eigenvalue weighted by atomic mass is 79.9. The number of hydrogen-bond acceptors (Lipinski definition) is 5. The second-order valence-corrected chi connectivity index (χ2v) is 13.3. The van der Waals surface area contributed by atoms with E-state index in [1.165, 1.54) is 23.1 Å². The van der Waals surface area contributed by atoms with Crippen molar-refractivity contribution in [1.29, 1.82) is 0 Å². The Labute approximate surface area is 270 Å². The molecular formula is C31H35BrF5N5O4. The number of rotatable bonds is 9. The van der Waals surface area contributed by atoms with Gasteiger partial charge in [0.2, 0.25) is 11.8 Å². The van der Waals surface area contributed by atoms with E-state index in [4.69, 9.17) is 10.5 Å². The second kappa shape index (κ2) is 13.5. The number of halogens is 6. The zero-order chi connectivity index (χ0) is 34.0. The second-order valence-electron chi connectivity index (χ2n) is 12.4. The molecule has 1 aromatic heterocycles. The molecule has 1 fully saturated rings.